The summed E-state index contributed by atoms with van der Waals surface area (Å²) in [6, 6.07) is 14.0. The number of carbonyl (C=O) groups excluding carboxylic acids is 2. The first kappa shape index (κ1) is 18.3. The number of hydrogen-bond donors (Lipinski definition) is 2. The maximum absolute atomic E-state index is 12.2. The van der Waals surface area contributed by atoms with E-state index in [9.17, 15) is 9.59 Å². The molecule has 6 heteroatoms. The lowest BCUT2D eigenvalue weighted by atomic mass is 10.1. The number of anilines is 1. The summed E-state index contributed by atoms with van der Waals surface area (Å²) >= 11 is 5.87. The number of rotatable bonds is 6. The zero-order valence-electron chi connectivity index (χ0n) is 14.3. The molecule has 0 saturated heterocycles. The van der Waals surface area contributed by atoms with E-state index in [0.717, 1.165) is 12.8 Å². The summed E-state index contributed by atoms with van der Waals surface area (Å²) in [5.74, 6) is 0.179. The monoisotopic (exact) mass is 372 g/mol. The van der Waals surface area contributed by atoms with Crippen LogP contribution in [0.25, 0.3) is 0 Å². The molecule has 0 bridgehead atoms. The first-order chi connectivity index (χ1) is 12.6. The summed E-state index contributed by atoms with van der Waals surface area (Å²) in [6.07, 6.45) is 4.44. The third kappa shape index (κ3) is 5.23. The molecule has 0 aromatic heterocycles. The summed E-state index contributed by atoms with van der Waals surface area (Å²) in [7, 11) is 0. The van der Waals surface area contributed by atoms with E-state index < -0.39 is 0 Å². The van der Waals surface area contributed by atoms with Crippen molar-refractivity contribution in [1.29, 1.82) is 0 Å². The van der Waals surface area contributed by atoms with Crippen LogP contribution in [-0.2, 0) is 4.79 Å². The van der Waals surface area contributed by atoms with Gasteiger partial charge >= 0.3 is 0 Å². The standard InChI is InChI=1S/C20H21ClN2O3/c21-15-4-3-7-18(12-15)26-13-19(24)22-17-10-8-14(9-11-17)20(25)23-16-5-1-2-6-16/h3-4,7-12,16H,1-2,5-6,13H2,(H,22,24)(H,23,25). The zero-order chi connectivity index (χ0) is 18.4. The second-order valence-electron chi connectivity index (χ2n) is 6.33. The van der Waals surface area contributed by atoms with E-state index in [-0.39, 0.29) is 24.5 Å². The zero-order valence-corrected chi connectivity index (χ0v) is 15.1. The summed E-state index contributed by atoms with van der Waals surface area (Å²) in [6.45, 7) is -0.121. The Labute approximate surface area is 157 Å². The normalized spacial score (nSPS) is 14.0. The molecule has 2 aromatic rings. The van der Waals surface area contributed by atoms with Crippen molar-refractivity contribution in [3.05, 3.63) is 59.1 Å². The third-order valence-electron chi connectivity index (χ3n) is 4.29. The van der Waals surface area contributed by atoms with Gasteiger partial charge in [0.25, 0.3) is 11.8 Å². The molecule has 26 heavy (non-hydrogen) atoms. The second kappa shape index (κ2) is 8.72. The molecule has 3 rings (SSSR count). The van der Waals surface area contributed by atoms with Gasteiger partial charge in [-0.1, -0.05) is 30.5 Å². The molecule has 1 aliphatic carbocycles. The number of halogens is 1. The Kier molecular flexibility index (Phi) is 6.12. The van der Waals surface area contributed by atoms with E-state index in [1.807, 2.05) is 0 Å². The van der Waals surface area contributed by atoms with Crippen LogP contribution < -0.4 is 15.4 Å². The Morgan fingerprint density at radius 2 is 1.81 bits per heavy atom. The minimum absolute atomic E-state index is 0.0703. The molecule has 2 aromatic carbocycles. The van der Waals surface area contributed by atoms with Gasteiger partial charge in [0.1, 0.15) is 5.75 Å². The van der Waals surface area contributed by atoms with E-state index in [1.165, 1.54) is 12.8 Å². The molecule has 0 heterocycles. The highest BCUT2D eigenvalue weighted by Crippen LogP contribution is 2.19. The van der Waals surface area contributed by atoms with E-state index in [1.54, 1.807) is 48.5 Å². The van der Waals surface area contributed by atoms with Crippen LogP contribution in [0.15, 0.2) is 48.5 Å². The number of hydrogen-bond acceptors (Lipinski definition) is 3. The van der Waals surface area contributed by atoms with Crippen molar-refractivity contribution in [2.75, 3.05) is 11.9 Å². The Hall–Kier alpha value is -2.53. The van der Waals surface area contributed by atoms with Crippen LogP contribution in [0.3, 0.4) is 0 Å². The minimum Gasteiger partial charge on any atom is -0.484 e. The van der Waals surface area contributed by atoms with Gasteiger partial charge in [0.05, 0.1) is 0 Å². The van der Waals surface area contributed by atoms with E-state index >= 15 is 0 Å². The molecular weight excluding hydrogens is 352 g/mol. The van der Waals surface area contributed by atoms with Crippen molar-refractivity contribution in [3.63, 3.8) is 0 Å². The quantitative estimate of drug-likeness (QED) is 0.804. The van der Waals surface area contributed by atoms with E-state index in [2.05, 4.69) is 10.6 Å². The van der Waals surface area contributed by atoms with Crippen molar-refractivity contribution in [2.45, 2.75) is 31.7 Å². The molecule has 0 aliphatic heterocycles. The van der Waals surface area contributed by atoms with Gasteiger partial charge in [-0.05, 0) is 55.3 Å². The van der Waals surface area contributed by atoms with Crippen molar-refractivity contribution >= 4 is 29.1 Å². The largest absolute Gasteiger partial charge is 0.484 e. The Bertz CT molecular complexity index is 771. The average Bonchev–Trinajstić information content (AvgIpc) is 3.14. The highest BCUT2D eigenvalue weighted by molar-refractivity contribution is 6.30. The number of nitrogens with one attached hydrogen (secondary N) is 2. The van der Waals surface area contributed by atoms with Crippen molar-refractivity contribution in [2.24, 2.45) is 0 Å². The lowest BCUT2D eigenvalue weighted by Gasteiger charge is -2.12. The number of ether oxygens (including phenoxy) is 1. The highest BCUT2D eigenvalue weighted by atomic mass is 35.5. The fourth-order valence-corrected chi connectivity index (χ4v) is 3.13. The van der Waals surface area contributed by atoms with Gasteiger partial charge in [-0.2, -0.15) is 0 Å². The first-order valence-corrected chi connectivity index (χ1v) is 9.07. The van der Waals surface area contributed by atoms with E-state index in [4.69, 9.17) is 16.3 Å². The van der Waals surface area contributed by atoms with Crippen LogP contribution in [0.5, 0.6) is 5.75 Å². The summed E-state index contributed by atoms with van der Waals surface area (Å²) in [4.78, 5) is 24.2. The number of carbonyl (C=O) groups is 2. The fourth-order valence-electron chi connectivity index (χ4n) is 2.95. The molecule has 1 saturated carbocycles. The summed E-state index contributed by atoms with van der Waals surface area (Å²) in [5.41, 5.74) is 1.20. The van der Waals surface area contributed by atoms with Crippen molar-refractivity contribution in [1.82, 2.24) is 5.32 Å². The summed E-state index contributed by atoms with van der Waals surface area (Å²) < 4.78 is 5.40. The maximum Gasteiger partial charge on any atom is 0.262 e. The Balaban J connectivity index is 1.48. The van der Waals surface area contributed by atoms with Crippen molar-refractivity contribution in [3.8, 4) is 5.75 Å². The molecule has 0 radical (unpaired) electrons. The number of benzene rings is 2. The molecule has 0 unspecified atom stereocenters. The lowest BCUT2D eigenvalue weighted by Crippen LogP contribution is -2.32. The molecule has 1 fully saturated rings. The average molecular weight is 373 g/mol. The molecule has 2 amide bonds. The van der Waals surface area contributed by atoms with Crippen LogP contribution >= 0.6 is 11.6 Å². The molecule has 5 nitrogen and oxygen atoms in total. The molecular formula is C20H21ClN2O3. The summed E-state index contributed by atoms with van der Waals surface area (Å²) in [5, 5.41) is 6.33. The minimum atomic E-state index is -0.284. The molecule has 2 N–H and O–H groups in total. The van der Waals surface area contributed by atoms with Gasteiger partial charge in [0.2, 0.25) is 0 Å². The van der Waals surface area contributed by atoms with Crippen LogP contribution in [-0.4, -0.2) is 24.5 Å². The predicted molar refractivity (Wildman–Crippen MR) is 102 cm³/mol. The fraction of sp³-hybridized carbons (Fsp3) is 0.300. The van der Waals surface area contributed by atoms with Gasteiger partial charge in [-0.25, -0.2) is 0 Å². The molecule has 0 atom stereocenters. The van der Waals surface area contributed by atoms with Gasteiger partial charge in [-0.15, -0.1) is 0 Å². The van der Waals surface area contributed by atoms with Crippen LogP contribution in [0.1, 0.15) is 36.0 Å². The Morgan fingerprint density at radius 1 is 1.08 bits per heavy atom. The van der Waals surface area contributed by atoms with Gasteiger partial charge in [-0.3, -0.25) is 9.59 Å². The van der Waals surface area contributed by atoms with Gasteiger partial charge in [0.15, 0.2) is 6.61 Å². The number of amides is 2. The van der Waals surface area contributed by atoms with Gasteiger partial charge < -0.3 is 15.4 Å². The van der Waals surface area contributed by atoms with E-state index in [0.29, 0.717) is 22.0 Å². The molecule has 0 spiro atoms. The second-order valence-corrected chi connectivity index (χ2v) is 6.76. The smallest absolute Gasteiger partial charge is 0.262 e. The topological polar surface area (TPSA) is 67.4 Å². The first-order valence-electron chi connectivity index (χ1n) is 8.69. The van der Waals surface area contributed by atoms with Crippen LogP contribution in [0.4, 0.5) is 5.69 Å². The molecule has 136 valence electrons. The SMILES string of the molecule is O=C(COc1cccc(Cl)c1)Nc1ccc(C(=O)NC2CCCC2)cc1. The maximum atomic E-state index is 12.2. The van der Waals surface area contributed by atoms with Crippen molar-refractivity contribution < 1.29 is 14.3 Å². The van der Waals surface area contributed by atoms with Gasteiger partial charge in [0, 0.05) is 22.3 Å². The molecule has 1 aliphatic rings. The Morgan fingerprint density at radius 3 is 2.50 bits per heavy atom. The third-order valence-corrected chi connectivity index (χ3v) is 4.52. The lowest BCUT2D eigenvalue weighted by molar-refractivity contribution is -0.118. The van der Waals surface area contributed by atoms with Crippen LogP contribution in [0.2, 0.25) is 5.02 Å². The highest BCUT2D eigenvalue weighted by Gasteiger charge is 2.17. The predicted octanol–water partition coefficient (Wildman–Crippen LogP) is 4.03. The van der Waals surface area contributed by atoms with Crippen LogP contribution in [0, 0.1) is 0 Å².